The molecule has 106 valence electrons. The Hall–Kier alpha value is -1.48. The van der Waals surface area contributed by atoms with Gasteiger partial charge in [-0.3, -0.25) is 0 Å². The van der Waals surface area contributed by atoms with Crippen molar-refractivity contribution < 1.29 is 9.47 Å². The minimum Gasteiger partial charge on any atom is -0.490 e. The van der Waals surface area contributed by atoms with Crippen molar-refractivity contribution in [2.75, 3.05) is 19.8 Å². The first-order chi connectivity index (χ1) is 9.13. The van der Waals surface area contributed by atoms with Crippen LogP contribution in [-0.4, -0.2) is 25.8 Å². The third-order valence-corrected chi connectivity index (χ3v) is 2.50. The van der Waals surface area contributed by atoms with Crippen LogP contribution in [0.25, 0.3) is 0 Å². The van der Waals surface area contributed by atoms with Crippen molar-refractivity contribution in [3.05, 3.63) is 36.4 Å². The highest BCUT2D eigenvalue weighted by Crippen LogP contribution is 2.26. The van der Waals surface area contributed by atoms with E-state index in [2.05, 4.69) is 32.7 Å². The second kappa shape index (κ2) is 8.59. The van der Waals surface area contributed by atoms with E-state index in [9.17, 15) is 0 Å². The molecule has 1 aromatic rings. The molecule has 3 heteroatoms. The molecule has 1 rings (SSSR count). The Bertz CT molecular complexity index is 388. The van der Waals surface area contributed by atoms with Gasteiger partial charge in [-0.25, -0.2) is 0 Å². The number of ether oxygens (including phenoxy) is 2. The van der Waals surface area contributed by atoms with Gasteiger partial charge in [0.25, 0.3) is 0 Å². The summed E-state index contributed by atoms with van der Waals surface area (Å²) in [5, 5.41) is 3.32. The van der Waals surface area contributed by atoms with Crippen molar-refractivity contribution in [1.29, 1.82) is 0 Å². The molecule has 0 fully saturated rings. The van der Waals surface area contributed by atoms with Gasteiger partial charge in [-0.05, 0) is 24.1 Å². The van der Waals surface area contributed by atoms with Crippen LogP contribution in [-0.2, 0) is 0 Å². The minimum absolute atomic E-state index is 0.455. The summed E-state index contributed by atoms with van der Waals surface area (Å²) in [7, 11) is 0. The van der Waals surface area contributed by atoms with E-state index < -0.39 is 0 Å². The van der Waals surface area contributed by atoms with Crippen LogP contribution in [0.2, 0.25) is 0 Å². The molecular formula is C16H25NO2. The van der Waals surface area contributed by atoms with Crippen molar-refractivity contribution in [3.63, 3.8) is 0 Å². The molecule has 0 saturated carbocycles. The molecule has 0 saturated heterocycles. The van der Waals surface area contributed by atoms with E-state index >= 15 is 0 Å². The highest BCUT2D eigenvalue weighted by molar-refractivity contribution is 5.39. The molecule has 0 spiro atoms. The molecule has 19 heavy (non-hydrogen) atoms. The fourth-order valence-corrected chi connectivity index (χ4v) is 1.48. The molecular weight excluding hydrogens is 238 g/mol. The predicted octanol–water partition coefficient (Wildman–Crippen LogP) is 3.41. The Balaban J connectivity index is 2.45. The first-order valence-corrected chi connectivity index (χ1v) is 6.88. The topological polar surface area (TPSA) is 30.5 Å². The number of hydrogen-bond donors (Lipinski definition) is 1. The highest BCUT2D eigenvalue weighted by Gasteiger charge is 2.05. The van der Waals surface area contributed by atoms with Crippen LogP contribution >= 0.6 is 0 Å². The van der Waals surface area contributed by atoms with Gasteiger partial charge in [0.15, 0.2) is 11.5 Å². The Kier molecular flexibility index (Phi) is 7.04. The summed E-state index contributed by atoms with van der Waals surface area (Å²) in [4.78, 5) is 0. The molecule has 0 aromatic heterocycles. The molecule has 0 aliphatic heterocycles. The van der Waals surface area contributed by atoms with Gasteiger partial charge in [-0.2, -0.15) is 0 Å². The third kappa shape index (κ3) is 6.30. The second-order valence-electron chi connectivity index (χ2n) is 4.87. The minimum atomic E-state index is 0.455. The molecule has 0 aliphatic carbocycles. The fraction of sp³-hybridized carbons (Fsp3) is 0.500. The lowest BCUT2D eigenvalue weighted by molar-refractivity contribution is 0.280. The van der Waals surface area contributed by atoms with Crippen LogP contribution in [0.5, 0.6) is 11.5 Å². The average Bonchev–Trinajstić information content (AvgIpc) is 2.41. The summed E-state index contributed by atoms with van der Waals surface area (Å²) in [6.07, 6.45) is 0.985. The van der Waals surface area contributed by atoms with Crippen LogP contribution in [0.4, 0.5) is 0 Å². The van der Waals surface area contributed by atoms with Crippen LogP contribution in [0.15, 0.2) is 36.4 Å². The largest absolute Gasteiger partial charge is 0.490 e. The van der Waals surface area contributed by atoms with E-state index in [0.717, 1.165) is 30.0 Å². The summed E-state index contributed by atoms with van der Waals surface area (Å²) in [6.45, 7) is 12.3. The van der Waals surface area contributed by atoms with Crippen molar-refractivity contribution in [2.45, 2.75) is 33.2 Å². The van der Waals surface area contributed by atoms with E-state index in [-0.39, 0.29) is 0 Å². The maximum atomic E-state index is 5.76. The summed E-state index contributed by atoms with van der Waals surface area (Å²) < 4.78 is 11.4. The molecule has 0 heterocycles. The van der Waals surface area contributed by atoms with Gasteiger partial charge in [0.2, 0.25) is 0 Å². The van der Waals surface area contributed by atoms with Crippen LogP contribution < -0.4 is 14.8 Å². The molecule has 0 unspecified atom stereocenters. The Morgan fingerprint density at radius 2 is 1.84 bits per heavy atom. The van der Waals surface area contributed by atoms with Gasteiger partial charge in [-0.1, -0.05) is 39.5 Å². The van der Waals surface area contributed by atoms with E-state index in [1.807, 2.05) is 24.3 Å². The van der Waals surface area contributed by atoms with Gasteiger partial charge in [0.1, 0.15) is 6.61 Å². The summed E-state index contributed by atoms with van der Waals surface area (Å²) in [5.74, 6) is 1.58. The molecule has 3 nitrogen and oxygen atoms in total. The molecule has 0 atom stereocenters. The third-order valence-electron chi connectivity index (χ3n) is 2.50. The molecule has 0 bridgehead atoms. The van der Waals surface area contributed by atoms with E-state index in [1.54, 1.807) is 0 Å². The monoisotopic (exact) mass is 263 g/mol. The van der Waals surface area contributed by atoms with Gasteiger partial charge < -0.3 is 14.8 Å². The first-order valence-electron chi connectivity index (χ1n) is 6.88. The maximum Gasteiger partial charge on any atom is 0.161 e. The Morgan fingerprint density at radius 3 is 2.42 bits per heavy atom. The number of benzene rings is 1. The van der Waals surface area contributed by atoms with Crippen molar-refractivity contribution in [1.82, 2.24) is 5.32 Å². The standard InChI is InChI=1S/C16H25NO2/c1-5-10-18-15-8-6-7-9-16(15)19-12-14(4)11-17-13(2)3/h6-9,13,17H,4-5,10-12H2,1-3H3. The van der Waals surface area contributed by atoms with Gasteiger partial charge in [0, 0.05) is 12.6 Å². The second-order valence-corrected chi connectivity index (χ2v) is 4.87. The van der Waals surface area contributed by atoms with E-state index in [1.165, 1.54) is 0 Å². The van der Waals surface area contributed by atoms with E-state index in [0.29, 0.717) is 19.3 Å². The van der Waals surface area contributed by atoms with Crippen molar-refractivity contribution >= 4 is 0 Å². The Labute approximate surface area is 116 Å². The fourth-order valence-electron chi connectivity index (χ4n) is 1.48. The van der Waals surface area contributed by atoms with Crippen molar-refractivity contribution in [3.8, 4) is 11.5 Å². The number of rotatable bonds is 9. The summed E-state index contributed by atoms with van der Waals surface area (Å²) in [6, 6.07) is 8.21. The molecule has 1 aromatic carbocycles. The smallest absolute Gasteiger partial charge is 0.161 e. The summed E-state index contributed by atoms with van der Waals surface area (Å²) in [5.41, 5.74) is 1.03. The highest BCUT2D eigenvalue weighted by atomic mass is 16.5. The molecule has 0 radical (unpaired) electrons. The lowest BCUT2D eigenvalue weighted by Gasteiger charge is -2.14. The SMILES string of the molecule is C=C(CNC(C)C)COc1ccccc1OCCC. The molecule has 1 N–H and O–H groups in total. The maximum absolute atomic E-state index is 5.76. The van der Waals surface area contributed by atoms with Crippen LogP contribution in [0.1, 0.15) is 27.2 Å². The van der Waals surface area contributed by atoms with E-state index in [4.69, 9.17) is 9.47 Å². The zero-order valence-corrected chi connectivity index (χ0v) is 12.2. The Morgan fingerprint density at radius 1 is 1.21 bits per heavy atom. The summed E-state index contributed by atoms with van der Waals surface area (Å²) >= 11 is 0. The number of hydrogen-bond acceptors (Lipinski definition) is 3. The lowest BCUT2D eigenvalue weighted by atomic mass is 10.3. The van der Waals surface area contributed by atoms with Gasteiger partial charge in [-0.15, -0.1) is 0 Å². The van der Waals surface area contributed by atoms with Crippen molar-refractivity contribution in [2.24, 2.45) is 0 Å². The van der Waals surface area contributed by atoms with Gasteiger partial charge >= 0.3 is 0 Å². The molecule has 0 amide bonds. The zero-order chi connectivity index (χ0) is 14.1. The normalized spacial score (nSPS) is 10.5. The van der Waals surface area contributed by atoms with Crippen LogP contribution in [0.3, 0.4) is 0 Å². The zero-order valence-electron chi connectivity index (χ0n) is 12.2. The van der Waals surface area contributed by atoms with Crippen LogP contribution in [0, 0.1) is 0 Å². The van der Waals surface area contributed by atoms with Gasteiger partial charge in [0.05, 0.1) is 6.61 Å². The first kappa shape index (κ1) is 15.6. The molecule has 0 aliphatic rings. The predicted molar refractivity (Wildman–Crippen MR) is 80.0 cm³/mol. The quantitative estimate of drug-likeness (QED) is 0.693. The average molecular weight is 263 g/mol. The number of para-hydroxylation sites is 2. The lowest BCUT2D eigenvalue weighted by Crippen LogP contribution is -2.26. The number of nitrogens with one attached hydrogen (secondary N) is 1.